The lowest BCUT2D eigenvalue weighted by atomic mass is 9.68. The maximum Gasteiger partial charge on any atom is 0.274 e. The smallest absolute Gasteiger partial charge is 0.274 e. The first kappa shape index (κ1) is 89.9. The van der Waals surface area contributed by atoms with Gasteiger partial charge in [0, 0.05) is 130 Å². The van der Waals surface area contributed by atoms with Crippen LogP contribution < -0.4 is 32.4 Å². The van der Waals surface area contributed by atoms with E-state index in [-0.39, 0.29) is 69.5 Å². The summed E-state index contributed by atoms with van der Waals surface area (Å²) in [6.07, 6.45) is 25.8. The summed E-state index contributed by atoms with van der Waals surface area (Å²) < 4.78 is 11.8. The van der Waals surface area contributed by atoms with E-state index in [9.17, 15) is 19.2 Å². The lowest BCUT2D eigenvalue weighted by molar-refractivity contribution is 0.0543. The molecule has 0 saturated heterocycles. The quantitative estimate of drug-likeness (QED) is 0.0354. The molecule has 4 amide bonds. The summed E-state index contributed by atoms with van der Waals surface area (Å²) in [5.74, 6) is 2.62. The van der Waals surface area contributed by atoms with Crippen LogP contribution in [-0.4, -0.2) is 174 Å². The molecule has 6 aliphatic carbocycles. The molecule has 0 unspecified atom stereocenters. The number of rotatable bonds is 28. The monoisotopic (exact) mass is 1720 g/mol. The van der Waals surface area contributed by atoms with Crippen molar-refractivity contribution < 1.29 is 28.7 Å². The summed E-state index contributed by atoms with van der Waals surface area (Å²) in [4.78, 5) is 60.9. The standard InChI is InChI=1S/2C26H29ClN4O2.2C22H27ClN4O/c2*27-21-7-4-6-20(18-21)26(19-28)13-11-22(12-14-26)31(25(32)24-10-5-15-29-30-24)16-17-33-23-8-2-1-3-9-23;2*23-18-4-1-3-17(13-18)22(15-24)10-8-19(9-11-22)27(14-16-6-7-16)21(28)20-5-2-12-25-26-20/h2*1-10,15,18,22H,11-14,16-17,19,28H2;2*1-5,12-13,16,19H,6-11,14-15,24H2. The summed E-state index contributed by atoms with van der Waals surface area (Å²) in [6.45, 7) is 5.71. The number of carbonyl (C=O) groups excluding carboxylic acids is 4. The number of carbonyl (C=O) groups is 4. The summed E-state index contributed by atoms with van der Waals surface area (Å²) >= 11 is 25.0. The number of aromatic nitrogens is 8. The van der Waals surface area contributed by atoms with Gasteiger partial charge in [-0.25, -0.2) is 0 Å². The van der Waals surface area contributed by atoms with E-state index >= 15 is 0 Å². The van der Waals surface area contributed by atoms with Crippen LogP contribution in [0.1, 0.15) is 193 Å². The molecule has 4 heterocycles. The van der Waals surface area contributed by atoms with Crippen molar-refractivity contribution in [1.29, 1.82) is 0 Å². The van der Waals surface area contributed by atoms with Gasteiger partial charge < -0.3 is 52.0 Å². The van der Waals surface area contributed by atoms with Crippen molar-refractivity contribution in [2.45, 2.75) is 174 Å². The molecule has 16 rings (SSSR count). The number of hydrogen-bond donors (Lipinski definition) is 4. The van der Waals surface area contributed by atoms with Gasteiger partial charge in [0.05, 0.1) is 13.1 Å². The minimum atomic E-state index is -0.122. The first-order valence-corrected chi connectivity index (χ1v) is 44.5. The highest BCUT2D eigenvalue weighted by molar-refractivity contribution is 6.31. The molecule has 640 valence electrons. The zero-order chi connectivity index (χ0) is 85.3. The molecule has 26 heteroatoms. The molecule has 0 radical (unpaired) electrons. The largest absolute Gasteiger partial charge is 0.492 e. The molecule has 6 saturated carbocycles. The highest BCUT2D eigenvalue weighted by Crippen LogP contribution is 2.47. The molecule has 8 N–H and O–H groups in total. The molecule has 4 aromatic heterocycles. The second kappa shape index (κ2) is 43.4. The van der Waals surface area contributed by atoms with Crippen molar-refractivity contribution in [3.8, 4) is 11.5 Å². The number of halogens is 4. The van der Waals surface area contributed by atoms with Gasteiger partial charge in [-0.1, -0.05) is 131 Å². The van der Waals surface area contributed by atoms with Crippen molar-refractivity contribution in [3.05, 3.63) is 296 Å². The van der Waals surface area contributed by atoms with Crippen LogP contribution in [0.15, 0.2) is 231 Å². The summed E-state index contributed by atoms with van der Waals surface area (Å²) in [6, 6.07) is 66.0. The fourth-order valence-corrected chi connectivity index (χ4v) is 19.0. The van der Waals surface area contributed by atoms with Crippen LogP contribution in [0.2, 0.25) is 20.1 Å². The van der Waals surface area contributed by atoms with Crippen LogP contribution in [0.5, 0.6) is 11.5 Å². The van der Waals surface area contributed by atoms with E-state index in [1.165, 1.54) is 47.9 Å². The van der Waals surface area contributed by atoms with Crippen molar-refractivity contribution in [1.82, 2.24) is 60.4 Å². The Labute approximate surface area is 736 Å². The third-order valence-corrected chi connectivity index (χ3v) is 26.9. The minimum absolute atomic E-state index is 0.00741. The van der Waals surface area contributed by atoms with Crippen LogP contribution in [0.3, 0.4) is 0 Å². The van der Waals surface area contributed by atoms with Crippen LogP contribution in [0.25, 0.3) is 0 Å². The molecule has 6 aromatic carbocycles. The molecule has 6 aliphatic rings. The fraction of sp³-hybridized carbons (Fsp3) is 0.417. The first-order valence-electron chi connectivity index (χ1n) is 43.0. The van der Waals surface area contributed by atoms with Gasteiger partial charge in [-0.05, 0) is 284 Å². The maximum absolute atomic E-state index is 13.4. The number of nitrogens with zero attached hydrogens (tertiary/aromatic N) is 12. The zero-order valence-electron chi connectivity index (χ0n) is 69.3. The Hall–Kier alpha value is -9.88. The highest BCUT2D eigenvalue weighted by atomic mass is 35.5. The third-order valence-electron chi connectivity index (χ3n) is 25.9. The third kappa shape index (κ3) is 23.5. The average molecular weight is 1730 g/mol. The van der Waals surface area contributed by atoms with Gasteiger partial charge in [0.25, 0.3) is 23.6 Å². The van der Waals surface area contributed by atoms with E-state index in [0.29, 0.717) is 87.1 Å². The minimum Gasteiger partial charge on any atom is -0.492 e. The lowest BCUT2D eigenvalue weighted by Crippen LogP contribution is -2.48. The van der Waals surface area contributed by atoms with Crippen molar-refractivity contribution in [2.24, 2.45) is 34.8 Å². The molecule has 0 aliphatic heterocycles. The van der Waals surface area contributed by atoms with E-state index < -0.39 is 0 Å². The lowest BCUT2D eigenvalue weighted by Gasteiger charge is -2.43. The van der Waals surface area contributed by atoms with Crippen molar-refractivity contribution >= 4 is 70.0 Å². The van der Waals surface area contributed by atoms with Gasteiger partial charge in [0.15, 0.2) is 22.8 Å². The van der Waals surface area contributed by atoms with Crippen LogP contribution in [0, 0.1) is 11.8 Å². The summed E-state index contributed by atoms with van der Waals surface area (Å²) in [7, 11) is 0. The Bertz CT molecular complexity index is 4640. The van der Waals surface area contributed by atoms with Gasteiger partial charge in [-0.15, -0.1) is 20.4 Å². The Kier molecular flexibility index (Phi) is 32.0. The van der Waals surface area contributed by atoms with Gasteiger partial charge in [-0.3, -0.25) is 19.2 Å². The Morgan fingerprint density at radius 2 is 0.557 bits per heavy atom. The Morgan fingerprint density at radius 3 is 0.779 bits per heavy atom. The zero-order valence-corrected chi connectivity index (χ0v) is 72.3. The van der Waals surface area contributed by atoms with Gasteiger partial charge >= 0.3 is 0 Å². The second-order valence-corrected chi connectivity index (χ2v) is 35.2. The Balaban J connectivity index is 0.000000141. The first-order chi connectivity index (χ1) is 59.4. The van der Waals surface area contributed by atoms with Crippen LogP contribution >= 0.6 is 46.4 Å². The fourth-order valence-electron chi connectivity index (χ4n) is 18.2. The van der Waals surface area contributed by atoms with E-state index in [2.05, 4.69) is 74.9 Å². The van der Waals surface area contributed by atoms with E-state index in [1.807, 2.05) is 143 Å². The summed E-state index contributed by atoms with van der Waals surface area (Å²) in [5.41, 5.74) is 31.0. The predicted octanol–water partition coefficient (Wildman–Crippen LogP) is 16.6. The molecular formula is C96H112Cl4N16O6. The van der Waals surface area contributed by atoms with Gasteiger partial charge in [0.2, 0.25) is 0 Å². The molecular weight excluding hydrogens is 1610 g/mol. The topological polar surface area (TPSA) is 307 Å². The van der Waals surface area contributed by atoms with Crippen LogP contribution in [-0.2, 0) is 21.7 Å². The molecule has 6 fully saturated rings. The molecule has 0 atom stereocenters. The van der Waals surface area contributed by atoms with Crippen molar-refractivity contribution in [3.63, 3.8) is 0 Å². The summed E-state index contributed by atoms with van der Waals surface area (Å²) in [5, 5.41) is 34.7. The number of nitrogens with two attached hydrogens (primary N) is 4. The Morgan fingerprint density at radius 1 is 0.311 bits per heavy atom. The molecule has 10 aromatic rings. The van der Waals surface area contributed by atoms with E-state index in [4.69, 9.17) is 78.8 Å². The molecule has 122 heavy (non-hydrogen) atoms. The number of hydrogen-bond acceptors (Lipinski definition) is 18. The van der Waals surface area contributed by atoms with Crippen molar-refractivity contribution in [2.75, 3.05) is 65.6 Å². The highest BCUT2D eigenvalue weighted by Gasteiger charge is 2.45. The number of amides is 4. The normalized spacial score (nSPS) is 22.3. The SMILES string of the molecule is NCC1(c2cccc(Cl)c2)CCC(N(CC2CC2)C(=O)c2cccnn2)CC1.NCC1(c2cccc(Cl)c2)CCC(N(CC2CC2)C(=O)c2cccnn2)CC1.NCC1(c2cccc(Cl)c2)CCC(N(CCOc2ccccc2)C(=O)c2cccnn2)CC1.NCC1(c2cccc(Cl)c2)CCC(N(CCOc2ccccc2)C(=O)c2cccnn2)CC1. The predicted molar refractivity (Wildman–Crippen MR) is 479 cm³/mol. The van der Waals surface area contributed by atoms with E-state index in [0.717, 1.165) is 147 Å². The number of ether oxygens (including phenoxy) is 2. The second-order valence-electron chi connectivity index (χ2n) is 33.5. The molecule has 0 bridgehead atoms. The maximum atomic E-state index is 13.4. The molecule has 22 nitrogen and oxygen atoms in total. The van der Waals surface area contributed by atoms with E-state index in [1.54, 1.807) is 73.3 Å². The number of benzene rings is 6. The average Bonchev–Trinajstić information content (AvgIpc) is 1.43. The van der Waals surface area contributed by atoms with Gasteiger partial charge in [0.1, 0.15) is 24.7 Å². The van der Waals surface area contributed by atoms with Gasteiger partial charge in [-0.2, -0.15) is 20.4 Å². The molecule has 0 spiro atoms. The van der Waals surface area contributed by atoms with Crippen LogP contribution in [0.4, 0.5) is 0 Å². The number of para-hydroxylation sites is 2.